The van der Waals surface area contributed by atoms with Crippen LogP contribution >= 0.6 is 11.3 Å². The van der Waals surface area contributed by atoms with Gasteiger partial charge in [0.2, 0.25) is 0 Å². The highest BCUT2D eigenvalue weighted by molar-refractivity contribution is 7.07. The van der Waals surface area contributed by atoms with E-state index in [4.69, 9.17) is 5.73 Å². The molecule has 2 N–H and O–H groups in total. The van der Waals surface area contributed by atoms with E-state index in [1.807, 2.05) is 18.2 Å². The molecular weight excluding hydrogens is 230 g/mol. The number of thiophene rings is 1. The highest BCUT2D eigenvalue weighted by Gasteiger charge is 2.04. The first-order chi connectivity index (χ1) is 8.33. The molecule has 0 radical (unpaired) electrons. The van der Waals surface area contributed by atoms with E-state index in [9.17, 15) is 0 Å². The van der Waals surface area contributed by atoms with E-state index in [-0.39, 0.29) is 0 Å². The van der Waals surface area contributed by atoms with Gasteiger partial charge in [-0.1, -0.05) is 0 Å². The summed E-state index contributed by atoms with van der Waals surface area (Å²) in [5, 5.41) is 5.11. The van der Waals surface area contributed by atoms with Crippen LogP contribution in [0.4, 0.5) is 5.82 Å². The molecule has 0 spiro atoms. The summed E-state index contributed by atoms with van der Waals surface area (Å²) in [6, 6.07) is 7.92. The Hall–Kier alpha value is -1.94. The van der Waals surface area contributed by atoms with Crippen LogP contribution in [0.2, 0.25) is 0 Å². The number of fused-ring (bicyclic) bond motifs is 1. The van der Waals surface area contributed by atoms with Gasteiger partial charge < -0.3 is 5.73 Å². The Morgan fingerprint density at radius 2 is 2.24 bits per heavy atom. The third kappa shape index (κ3) is 1.99. The molecule has 84 valence electrons. The number of nitrogen functional groups attached to an aromatic ring is 1. The molecule has 3 heterocycles. The molecule has 17 heavy (non-hydrogen) atoms. The van der Waals surface area contributed by atoms with Gasteiger partial charge in [-0.25, -0.2) is 4.98 Å². The van der Waals surface area contributed by atoms with Crippen molar-refractivity contribution in [2.75, 3.05) is 5.73 Å². The number of hydrogen-bond donors (Lipinski definition) is 1. The number of nitrogens with zero attached hydrogens (tertiary/aromatic N) is 2. The van der Waals surface area contributed by atoms with Crippen molar-refractivity contribution in [2.24, 2.45) is 0 Å². The molecule has 0 unspecified atom stereocenters. The van der Waals surface area contributed by atoms with E-state index in [1.54, 1.807) is 17.5 Å². The molecule has 0 aliphatic heterocycles. The first-order valence-electron chi connectivity index (χ1n) is 5.34. The molecular formula is C13H11N3S. The Labute approximate surface area is 103 Å². The fourth-order valence-electron chi connectivity index (χ4n) is 1.85. The maximum Gasteiger partial charge on any atom is 0.133 e. The lowest BCUT2D eigenvalue weighted by atomic mass is 10.1. The largest absolute Gasteiger partial charge is 0.383 e. The van der Waals surface area contributed by atoms with Crippen LogP contribution in [0.1, 0.15) is 11.3 Å². The fourth-order valence-corrected chi connectivity index (χ4v) is 2.52. The molecule has 0 aliphatic carbocycles. The summed E-state index contributed by atoms with van der Waals surface area (Å²) >= 11 is 1.69. The van der Waals surface area contributed by atoms with Crippen LogP contribution < -0.4 is 5.73 Å². The predicted octanol–water partition coefficient (Wildman–Crippen LogP) is 2.86. The van der Waals surface area contributed by atoms with Gasteiger partial charge >= 0.3 is 0 Å². The first kappa shape index (κ1) is 10.2. The second kappa shape index (κ2) is 4.14. The maximum atomic E-state index is 5.94. The van der Waals surface area contributed by atoms with Crippen LogP contribution in [0.5, 0.6) is 0 Å². The van der Waals surface area contributed by atoms with Gasteiger partial charge in [-0.05, 0) is 40.6 Å². The Bertz CT molecular complexity index is 647. The molecule has 0 saturated carbocycles. The van der Waals surface area contributed by atoms with Crippen LogP contribution in [0, 0.1) is 0 Å². The quantitative estimate of drug-likeness (QED) is 0.750. The average molecular weight is 241 g/mol. The molecule has 3 aromatic heterocycles. The van der Waals surface area contributed by atoms with Crippen molar-refractivity contribution in [1.82, 2.24) is 9.97 Å². The van der Waals surface area contributed by atoms with Crippen LogP contribution in [0.3, 0.4) is 0 Å². The van der Waals surface area contributed by atoms with Crippen molar-refractivity contribution in [3.63, 3.8) is 0 Å². The SMILES string of the molecule is Nc1nc(Cc2ccsc2)cc2ncccc12. The first-order valence-corrected chi connectivity index (χ1v) is 6.28. The van der Waals surface area contributed by atoms with Crippen LogP contribution in [-0.4, -0.2) is 9.97 Å². The molecule has 3 rings (SSSR count). The molecule has 0 atom stereocenters. The topological polar surface area (TPSA) is 51.8 Å². The van der Waals surface area contributed by atoms with E-state index >= 15 is 0 Å². The van der Waals surface area contributed by atoms with Gasteiger partial charge in [0.15, 0.2) is 0 Å². The summed E-state index contributed by atoms with van der Waals surface area (Å²) < 4.78 is 0. The van der Waals surface area contributed by atoms with Crippen molar-refractivity contribution >= 4 is 28.1 Å². The molecule has 0 bridgehead atoms. The van der Waals surface area contributed by atoms with Crippen LogP contribution in [0.25, 0.3) is 10.9 Å². The zero-order chi connectivity index (χ0) is 11.7. The summed E-state index contributed by atoms with van der Waals surface area (Å²) in [7, 11) is 0. The number of anilines is 1. The Morgan fingerprint density at radius 3 is 3.06 bits per heavy atom. The second-order valence-corrected chi connectivity index (χ2v) is 4.66. The van der Waals surface area contributed by atoms with Crippen molar-refractivity contribution in [2.45, 2.75) is 6.42 Å². The molecule has 3 nitrogen and oxygen atoms in total. The van der Waals surface area contributed by atoms with Gasteiger partial charge in [0, 0.05) is 23.7 Å². The highest BCUT2D eigenvalue weighted by Crippen LogP contribution is 2.20. The number of hydrogen-bond acceptors (Lipinski definition) is 4. The van der Waals surface area contributed by atoms with Crippen molar-refractivity contribution in [1.29, 1.82) is 0 Å². The Balaban J connectivity index is 2.06. The van der Waals surface area contributed by atoms with Gasteiger partial charge in [-0.2, -0.15) is 11.3 Å². The summed E-state index contributed by atoms with van der Waals surface area (Å²) in [5.74, 6) is 0.556. The van der Waals surface area contributed by atoms with Crippen molar-refractivity contribution in [3.05, 3.63) is 52.5 Å². The van der Waals surface area contributed by atoms with Crippen molar-refractivity contribution in [3.8, 4) is 0 Å². The average Bonchev–Trinajstić information content (AvgIpc) is 2.82. The van der Waals surface area contributed by atoms with Gasteiger partial charge in [0.1, 0.15) is 5.82 Å². The molecule has 0 amide bonds. The monoisotopic (exact) mass is 241 g/mol. The molecule has 0 saturated heterocycles. The van der Waals surface area contributed by atoms with Gasteiger partial charge in [0.25, 0.3) is 0 Å². The number of rotatable bonds is 2. The zero-order valence-electron chi connectivity index (χ0n) is 9.13. The highest BCUT2D eigenvalue weighted by atomic mass is 32.1. The van der Waals surface area contributed by atoms with E-state index in [1.165, 1.54) is 5.56 Å². The van der Waals surface area contributed by atoms with Crippen LogP contribution in [0.15, 0.2) is 41.2 Å². The number of nitrogens with two attached hydrogens (primary N) is 1. The van der Waals surface area contributed by atoms with E-state index < -0.39 is 0 Å². The number of pyridine rings is 2. The number of aromatic nitrogens is 2. The summed E-state index contributed by atoms with van der Waals surface area (Å²) in [4.78, 5) is 8.73. The minimum absolute atomic E-state index is 0.556. The van der Waals surface area contributed by atoms with Gasteiger partial charge in [0.05, 0.1) is 5.52 Å². The summed E-state index contributed by atoms with van der Waals surface area (Å²) in [6.07, 6.45) is 2.58. The molecule has 0 fully saturated rings. The van der Waals surface area contributed by atoms with E-state index in [0.717, 1.165) is 23.0 Å². The lowest BCUT2D eigenvalue weighted by Gasteiger charge is -2.04. The maximum absolute atomic E-state index is 5.94. The van der Waals surface area contributed by atoms with Gasteiger partial charge in [-0.3, -0.25) is 4.98 Å². The normalized spacial score (nSPS) is 10.8. The fraction of sp³-hybridized carbons (Fsp3) is 0.0769. The third-order valence-corrected chi connectivity index (χ3v) is 3.38. The van der Waals surface area contributed by atoms with E-state index in [0.29, 0.717) is 5.82 Å². The van der Waals surface area contributed by atoms with Crippen molar-refractivity contribution < 1.29 is 0 Å². The molecule has 0 aromatic carbocycles. The Kier molecular flexibility index (Phi) is 2.49. The third-order valence-electron chi connectivity index (χ3n) is 2.65. The Morgan fingerprint density at radius 1 is 1.29 bits per heavy atom. The minimum atomic E-state index is 0.556. The lowest BCUT2D eigenvalue weighted by Crippen LogP contribution is -1.98. The molecule has 0 aliphatic rings. The minimum Gasteiger partial charge on any atom is -0.383 e. The summed E-state index contributed by atoms with van der Waals surface area (Å²) in [5.41, 5.74) is 9.07. The summed E-state index contributed by atoms with van der Waals surface area (Å²) in [6.45, 7) is 0. The zero-order valence-corrected chi connectivity index (χ0v) is 9.95. The lowest BCUT2D eigenvalue weighted by molar-refractivity contribution is 1.09. The predicted molar refractivity (Wildman–Crippen MR) is 71.1 cm³/mol. The van der Waals surface area contributed by atoms with Gasteiger partial charge in [-0.15, -0.1) is 0 Å². The standard InChI is InChI=1S/C13H11N3S/c14-13-11-2-1-4-15-12(11)7-10(16-13)6-9-3-5-17-8-9/h1-5,7-8H,6H2,(H2,14,16). The molecule has 4 heteroatoms. The smallest absolute Gasteiger partial charge is 0.133 e. The molecule has 3 aromatic rings. The van der Waals surface area contributed by atoms with Crippen LogP contribution in [-0.2, 0) is 6.42 Å². The van der Waals surface area contributed by atoms with E-state index in [2.05, 4.69) is 26.8 Å². The second-order valence-electron chi connectivity index (χ2n) is 3.88.